The molecule has 2 aromatic rings. The summed E-state index contributed by atoms with van der Waals surface area (Å²) in [6.07, 6.45) is 1.13. The monoisotopic (exact) mass is 810 g/mol. The quantitative estimate of drug-likeness (QED) is 0.0685. The van der Waals surface area contributed by atoms with Gasteiger partial charge in [0.1, 0.15) is 0 Å². The highest BCUT2D eigenvalue weighted by atomic mass is 28.4. The second-order valence-electron chi connectivity index (χ2n) is 14.2. The van der Waals surface area contributed by atoms with Crippen LogP contribution in [0.3, 0.4) is 0 Å². The molecule has 0 N–H and O–H groups in total. The summed E-state index contributed by atoms with van der Waals surface area (Å²) in [7, 11) is -2.54. The highest BCUT2D eigenvalue weighted by Gasteiger charge is 2.50. The third kappa shape index (κ3) is 23.5. The summed E-state index contributed by atoms with van der Waals surface area (Å²) in [6, 6.07) is 21.3. The molecule has 1 atom stereocenters. The number of rotatable bonds is 39. The molecule has 0 aromatic heterocycles. The Morgan fingerprint density at radius 2 is 0.643 bits per heavy atom. The van der Waals surface area contributed by atoms with E-state index in [-0.39, 0.29) is 5.04 Å². The van der Waals surface area contributed by atoms with E-state index in [0.717, 1.165) is 13.0 Å². The van der Waals surface area contributed by atoms with E-state index < -0.39 is 8.32 Å². The molecule has 0 saturated carbocycles. The van der Waals surface area contributed by atoms with Crippen molar-refractivity contribution < 1.29 is 56.5 Å². The van der Waals surface area contributed by atoms with Crippen LogP contribution in [-0.4, -0.2) is 160 Å². The van der Waals surface area contributed by atoms with Gasteiger partial charge in [-0.3, -0.25) is 0 Å². The van der Waals surface area contributed by atoms with Gasteiger partial charge in [0.15, 0.2) is 0 Å². The molecule has 0 radical (unpaired) electrons. The molecule has 0 fully saturated rings. The van der Waals surface area contributed by atoms with Gasteiger partial charge in [0.2, 0.25) is 0 Å². The number of ether oxygens (including phenoxy) is 11. The molecule has 0 aliphatic carbocycles. The van der Waals surface area contributed by atoms with Gasteiger partial charge in [-0.2, -0.15) is 0 Å². The first-order chi connectivity index (χ1) is 27.4. The van der Waals surface area contributed by atoms with Crippen molar-refractivity contribution in [3.05, 3.63) is 60.7 Å². The molecule has 0 amide bonds. The van der Waals surface area contributed by atoms with Crippen LogP contribution in [0.5, 0.6) is 0 Å². The Balaban J connectivity index is 1.28. The normalized spacial score (nSPS) is 12.7. The van der Waals surface area contributed by atoms with Gasteiger partial charge in [0.05, 0.1) is 145 Å². The second-order valence-corrected chi connectivity index (χ2v) is 18.5. The van der Waals surface area contributed by atoms with Crippen LogP contribution < -0.4 is 10.4 Å². The maximum absolute atomic E-state index is 6.85. The van der Waals surface area contributed by atoms with Crippen LogP contribution in [0.4, 0.5) is 0 Å². The average molecular weight is 811 g/mol. The van der Waals surface area contributed by atoms with E-state index in [4.69, 9.17) is 56.5 Å². The molecule has 0 bridgehead atoms. The van der Waals surface area contributed by atoms with Crippen molar-refractivity contribution in [1.82, 2.24) is 0 Å². The molecule has 0 aliphatic heterocycles. The second kappa shape index (κ2) is 34.1. The van der Waals surface area contributed by atoms with Gasteiger partial charge < -0.3 is 56.5 Å². The third-order valence-electron chi connectivity index (χ3n) is 8.78. The maximum Gasteiger partial charge on any atom is 0.261 e. The Labute approximate surface area is 339 Å². The molecule has 0 saturated heterocycles. The first-order valence-electron chi connectivity index (χ1n) is 20.5. The van der Waals surface area contributed by atoms with Gasteiger partial charge in [-0.1, -0.05) is 102 Å². The van der Waals surface area contributed by atoms with Gasteiger partial charge in [0.25, 0.3) is 8.32 Å². The van der Waals surface area contributed by atoms with Crippen molar-refractivity contribution in [2.45, 2.75) is 46.1 Å². The van der Waals surface area contributed by atoms with Crippen LogP contribution in [0.1, 0.15) is 41.0 Å². The zero-order chi connectivity index (χ0) is 40.3. The van der Waals surface area contributed by atoms with E-state index in [1.165, 1.54) is 10.4 Å². The SMILES string of the molecule is CCC(C)COCCOCCOCCOCCOCCOCCOCCOCCOCCOCCOCCO[Si](c1ccccc1)(c1ccccc1)C(C)(C)C. The Morgan fingerprint density at radius 1 is 0.393 bits per heavy atom. The number of benzene rings is 2. The minimum Gasteiger partial charge on any atom is -0.405 e. The number of hydrogen-bond acceptors (Lipinski definition) is 12. The molecule has 322 valence electrons. The van der Waals surface area contributed by atoms with Crippen LogP contribution in [0.2, 0.25) is 5.04 Å². The summed E-state index contributed by atoms with van der Waals surface area (Å²) in [5.41, 5.74) is 0. The lowest BCUT2D eigenvalue weighted by Crippen LogP contribution is -2.66. The molecule has 56 heavy (non-hydrogen) atoms. The minimum atomic E-state index is -2.54. The maximum atomic E-state index is 6.85. The lowest BCUT2D eigenvalue weighted by molar-refractivity contribution is -0.0280. The highest BCUT2D eigenvalue weighted by Crippen LogP contribution is 2.36. The number of hydrogen-bond donors (Lipinski definition) is 0. The van der Waals surface area contributed by atoms with E-state index in [1.54, 1.807) is 0 Å². The average Bonchev–Trinajstić information content (AvgIpc) is 3.20. The van der Waals surface area contributed by atoms with Crippen molar-refractivity contribution in [3.8, 4) is 0 Å². The van der Waals surface area contributed by atoms with Crippen LogP contribution in [0, 0.1) is 5.92 Å². The van der Waals surface area contributed by atoms with Gasteiger partial charge >= 0.3 is 0 Å². The Hall–Kier alpha value is -1.82. The molecule has 0 spiro atoms. The molecule has 2 aromatic carbocycles. The molecule has 0 aliphatic rings. The van der Waals surface area contributed by atoms with E-state index >= 15 is 0 Å². The molecule has 13 heteroatoms. The van der Waals surface area contributed by atoms with Crippen LogP contribution >= 0.6 is 0 Å². The van der Waals surface area contributed by atoms with E-state index in [2.05, 4.69) is 95.3 Å². The zero-order valence-corrected chi connectivity index (χ0v) is 36.2. The topological polar surface area (TPSA) is 111 Å². The smallest absolute Gasteiger partial charge is 0.261 e. The Morgan fingerprint density at radius 3 is 0.893 bits per heavy atom. The van der Waals surface area contributed by atoms with Gasteiger partial charge in [0, 0.05) is 6.61 Å². The van der Waals surface area contributed by atoms with E-state index in [9.17, 15) is 0 Å². The van der Waals surface area contributed by atoms with E-state index in [0.29, 0.717) is 151 Å². The first kappa shape index (κ1) is 50.3. The molecule has 1 unspecified atom stereocenters. The van der Waals surface area contributed by atoms with Crippen molar-refractivity contribution in [3.63, 3.8) is 0 Å². The van der Waals surface area contributed by atoms with Crippen molar-refractivity contribution in [2.75, 3.05) is 152 Å². The molecular weight excluding hydrogens is 737 g/mol. The molecule has 2 rings (SSSR count). The summed E-state index contributed by atoms with van der Waals surface area (Å²) in [4.78, 5) is 0. The Kier molecular flexibility index (Phi) is 30.6. The molecular formula is C43H74O12Si. The lowest BCUT2D eigenvalue weighted by atomic mass is 10.1. The van der Waals surface area contributed by atoms with E-state index in [1.807, 2.05) is 0 Å². The van der Waals surface area contributed by atoms with Crippen molar-refractivity contribution in [2.24, 2.45) is 5.92 Å². The fourth-order valence-corrected chi connectivity index (χ4v) is 10.2. The van der Waals surface area contributed by atoms with Crippen LogP contribution in [-0.2, 0) is 56.5 Å². The fourth-order valence-electron chi connectivity index (χ4n) is 5.62. The first-order valence-corrected chi connectivity index (χ1v) is 22.4. The standard InChI is InChI=1S/C43H74O12Si/c1-6-40(2)39-54-36-35-52-32-31-50-28-27-48-24-23-46-20-19-44-17-18-45-21-22-47-25-26-49-29-30-51-33-34-53-37-38-55-56(43(3,4)5,41-13-9-7-10-14-41)42-15-11-8-12-16-42/h7-16,40H,6,17-39H2,1-5H3. The summed E-state index contributed by atoms with van der Waals surface area (Å²) in [5.74, 6) is 0.595. The predicted octanol–water partition coefficient (Wildman–Crippen LogP) is 4.79. The molecule has 0 heterocycles. The van der Waals surface area contributed by atoms with Crippen molar-refractivity contribution >= 4 is 18.7 Å². The van der Waals surface area contributed by atoms with Crippen molar-refractivity contribution in [1.29, 1.82) is 0 Å². The summed E-state index contributed by atoms with van der Waals surface area (Å²) in [5, 5.41) is 2.48. The largest absolute Gasteiger partial charge is 0.405 e. The van der Waals surface area contributed by atoms with Gasteiger partial charge in [-0.25, -0.2) is 0 Å². The predicted molar refractivity (Wildman–Crippen MR) is 222 cm³/mol. The zero-order valence-electron chi connectivity index (χ0n) is 35.2. The van der Waals surface area contributed by atoms with Gasteiger partial charge in [-0.05, 0) is 21.3 Å². The summed E-state index contributed by atoms with van der Waals surface area (Å²) in [6.45, 7) is 23.5. The van der Waals surface area contributed by atoms with Crippen LogP contribution in [0.25, 0.3) is 0 Å². The Bertz CT molecular complexity index is 1090. The minimum absolute atomic E-state index is 0.0564. The highest BCUT2D eigenvalue weighted by molar-refractivity contribution is 6.99. The van der Waals surface area contributed by atoms with Crippen LogP contribution in [0.15, 0.2) is 60.7 Å². The lowest BCUT2D eigenvalue weighted by Gasteiger charge is -2.43. The van der Waals surface area contributed by atoms with Gasteiger partial charge in [-0.15, -0.1) is 0 Å². The summed E-state index contributed by atoms with van der Waals surface area (Å²) >= 11 is 0. The third-order valence-corrected chi connectivity index (χ3v) is 13.8. The summed E-state index contributed by atoms with van der Waals surface area (Å²) < 4.78 is 68.1. The fraction of sp³-hybridized carbons (Fsp3) is 0.721. The molecule has 12 nitrogen and oxygen atoms in total.